The number of thiol groups is 1. The van der Waals surface area contributed by atoms with Gasteiger partial charge in [-0.2, -0.15) is 17.7 Å². The van der Waals surface area contributed by atoms with Crippen LogP contribution in [-0.4, -0.2) is 15.5 Å². The minimum Gasteiger partial charge on any atom is -0.269 e. The number of aryl methyl sites for hydroxylation is 2. The summed E-state index contributed by atoms with van der Waals surface area (Å²) in [5.74, 6) is 0.991. The fraction of sp³-hybridized carbons (Fsp3) is 0.786. The number of aromatic nitrogens is 2. The maximum absolute atomic E-state index is 4.63. The molecular weight excluding hydrogens is 228 g/mol. The maximum atomic E-state index is 4.63. The van der Waals surface area contributed by atoms with E-state index in [1.165, 1.54) is 44.2 Å². The van der Waals surface area contributed by atoms with Crippen molar-refractivity contribution in [2.75, 3.05) is 5.75 Å². The minimum absolute atomic E-state index is 0.378. The van der Waals surface area contributed by atoms with E-state index in [0.29, 0.717) is 5.41 Å². The van der Waals surface area contributed by atoms with Crippen LogP contribution in [0.4, 0.5) is 0 Å². The van der Waals surface area contributed by atoms with Gasteiger partial charge >= 0.3 is 0 Å². The predicted octanol–water partition coefficient (Wildman–Crippen LogP) is 3.77. The van der Waals surface area contributed by atoms with Crippen molar-refractivity contribution in [3.8, 4) is 0 Å². The lowest BCUT2D eigenvalue weighted by molar-refractivity contribution is 0.228. The van der Waals surface area contributed by atoms with Crippen LogP contribution in [0.3, 0.4) is 0 Å². The molecule has 96 valence electrons. The van der Waals surface area contributed by atoms with Crippen LogP contribution in [0.15, 0.2) is 6.07 Å². The predicted molar refractivity (Wildman–Crippen MR) is 75.7 cm³/mol. The van der Waals surface area contributed by atoms with Gasteiger partial charge in [0.2, 0.25) is 0 Å². The van der Waals surface area contributed by atoms with E-state index in [2.05, 4.69) is 42.3 Å². The summed E-state index contributed by atoms with van der Waals surface area (Å²) in [6, 6.07) is 2.17. The lowest BCUT2D eigenvalue weighted by atomic mass is 9.82. The molecule has 1 aromatic rings. The molecule has 0 aliphatic heterocycles. The Morgan fingerprint density at radius 2 is 1.88 bits per heavy atom. The molecule has 1 aliphatic rings. The summed E-state index contributed by atoms with van der Waals surface area (Å²) in [4.78, 5) is 0. The number of nitrogens with zero attached hydrogens (tertiary/aromatic N) is 2. The molecule has 0 bridgehead atoms. The number of rotatable bonds is 3. The Morgan fingerprint density at radius 3 is 2.35 bits per heavy atom. The molecule has 2 rings (SSSR count). The first-order valence-corrected chi connectivity index (χ1v) is 7.40. The molecule has 17 heavy (non-hydrogen) atoms. The summed E-state index contributed by atoms with van der Waals surface area (Å²) in [7, 11) is 0. The molecule has 1 saturated carbocycles. The molecule has 3 heteroatoms. The van der Waals surface area contributed by atoms with Crippen molar-refractivity contribution in [2.24, 2.45) is 5.41 Å². The zero-order chi connectivity index (χ0) is 12.3. The molecule has 1 aliphatic carbocycles. The third-order valence-corrected chi connectivity index (χ3v) is 4.76. The average molecular weight is 252 g/mol. The zero-order valence-corrected chi connectivity index (χ0v) is 12.0. The van der Waals surface area contributed by atoms with Gasteiger partial charge in [-0.25, -0.2) is 0 Å². The van der Waals surface area contributed by atoms with Gasteiger partial charge in [0.25, 0.3) is 0 Å². The van der Waals surface area contributed by atoms with Crippen molar-refractivity contribution in [1.82, 2.24) is 9.78 Å². The second-order valence-corrected chi connectivity index (χ2v) is 5.97. The quantitative estimate of drug-likeness (QED) is 0.640. The highest BCUT2D eigenvalue weighted by Gasteiger charge is 2.30. The van der Waals surface area contributed by atoms with Crippen molar-refractivity contribution >= 4 is 12.6 Å². The third kappa shape index (κ3) is 3.06. The van der Waals surface area contributed by atoms with Crippen LogP contribution in [0.5, 0.6) is 0 Å². The highest BCUT2D eigenvalue weighted by atomic mass is 32.1. The molecule has 1 fully saturated rings. The van der Waals surface area contributed by atoms with Gasteiger partial charge in [-0.05, 0) is 43.9 Å². The van der Waals surface area contributed by atoms with E-state index in [0.717, 1.165) is 18.0 Å². The highest BCUT2D eigenvalue weighted by Crippen LogP contribution is 2.37. The van der Waals surface area contributed by atoms with E-state index in [1.54, 1.807) is 0 Å². The third-order valence-electron chi connectivity index (χ3n) is 4.09. The first-order valence-electron chi connectivity index (χ1n) is 6.77. The van der Waals surface area contributed by atoms with Gasteiger partial charge in [0.15, 0.2) is 0 Å². The lowest BCUT2D eigenvalue weighted by Gasteiger charge is -2.31. The van der Waals surface area contributed by atoms with Gasteiger partial charge in [-0.3, -0.25) is 4.68 Å². The Bertz CT molecular complexity index is 362. The van der Waals surface area contributed by atoms with Gasteiger partial charge in [-0.15, -0.1) is 0 Å². The Morgan fingerprint density at radius 1 is 1.24 bits per heavy atom. The molecule has 0 N–H and O–H groups in total. The van der Waals surface area contributed by atoms with Gasteiger partial charge in [-0.1, -0.05) is 25.7 Å². The molecule has 0 saturated heterocycles. The first-order chi connectivity index (χ1) is 8.15. The molecule has 1 aromatic heterocycles. The van der Waals surface area contributed by atoms with Crippen LogP contribution in [0.25, 0.3) is 0 Å². The maximum Gasteiger partial charge on any atom is 0.0596 e. The van der Waals surface area contributed by atoms with Crippen molar-refractivity contribution < 1.29 is 0 Å². The SMILES string of the molecule is Cc1cc(C)n(CC2(CS)CCCCCC2)n1. The average Bonchev–Trinajstić information content (AvgIpc) is 2.54. The van der Waals surface area contributed by atoms with E-state index >= 15 is 0 Å². The molecule has 0 unspecified atom stereocenters. The summed E-state index contributed by atoms with van der Waals surface area (Å²) in [6.45, 7) is 5.28. The molecular formula is C14H24N2S. The van der Waals surface area contributed by atoms with Crippen molar-refractivity contribution in [3.05, 3.63) is 17.5 Å². The van der Waals surface area contributed by atoms with E-state index in [1.807, 2.05) is 0 Å². The zero-order valence-electron chi connectivity index (χ0n) is 11.1. The smallest absolute Gasteiger partial charge is 0.0596 e. The first kappa shape index (κ1) is 13.0. The Labute approximate surface area is 110 Å². The van der Waals surface area contributed by atoms with Gasteiger partial charge in [0.05, 0.1) is 5.69 Å². The number of hydrogen-bond acceptors (Lipinski definition) is 2. The standard InChI is InChI=1S/C14H24N2S/c1-12-9-13(2)16(15-12)10-14(11-17)7-5-3-4-6-8-14/h9,17H,3-8,10-11H2,1-2H3. The van der Waals surface area contributed by atoms with Crippen molar-refractivity contribution in [1.29, 1.82) is 0 Å². The second-order valence-electron chi connectivity index (χ2n) is 5.66. The largest absolute Gasteiger partial charge is 0.269 e. The van der Waals surface area contributed by atoms with E-state index in [-0.39, 0.29) is 0 Å². The van der Waals surface area contributed by atoms with Crippen molar-refractivity contribution in [3.63, 3.8) is 0 Å². The molecule has 0 atom stereocenters. The molecule has 1 heterocycles. The Hall–Kier alpha value is -0.440. The van der Waals surface area contributed by atoms with Crippen LogP contribution in [0, 0.1) is 19.3 Å². The molecule has 0 spiro atoms. The van der Waals surface area contributed by atoms with Gasteiger partial charge in [0, 0.05) is 12.2 Å². The summed E-state index contributed by atoms with van der Waals surface area (Å²) >= 11 is 4.63. The van der Waals surface area contributed by atoms with E-state index < -0.39 is 0 Å². The summed E-state index contributed by atoms with van der Waals surface area (Å²) < 4.78 is 2.19. The molecule has 0 aromatic carbocycles. The summed E-state index contributed by atoms with van der Waals surface area (Å²) in [5, 5.41) is 4.61. The topological polar surface area (TPSA) is 17.8 Å². The number of hydrogen-bond donors (Lipinski definition) is 1. The Kier molecular flexibility index (Phi) is 4.18. The monoisotopic (exact) mass is 252 g/mol. The van der Waals surface area contributed by atoms with E-state index in [9.17, 15) is 0 Å². The Balaban J connectivity index is 2.15. The van der Waals surface area contributed by atoms with Crippen LogP contribution >= 0.6 is 12.6 Å². The van der Waals surface area contributed by atoms with Crippen molar-refractivity contribution in [2.45, 2.75) is 58.9 Å². The van der Waals surface area contributed by atoms with E-state index in [4.69, 9.17) is 0 Å². The minimum atomic E-state index is 0.378. The fourth-order valence-corrected chi connectivity index (χ4v) is 3.41. The van der Waals surface area contributed by atoms with Gasteiger partial charge < -0.3 is 0 Å². The summed E-state index contributed by atoms with van der Waals surface area (Å²) in [6.07, 6.45) is 8.14. The molecule has 2 nitrogen and oxygen atoms in total. The van der Waals surface area contributed by atoms with Crippen LogP contribution < -0.4 is 0 Å². The lowest BCUT2D eigenvalue weighted by Crippen LogP contribution is -2.29. The van der Waals surface area contributed by atoms with Crippen LogP contribution in [-0.2, 0) is 6.54 Å². The fourth-order valence-electron chi connectivity index (χ4n) is 3.00. The van der Waals surface area contributed by atoms with Crippen LogP contribution in [0.2, 0.25) is 0 Å². The molecule has 0 amide bonds. The highest BCUT2D eigenvalue weighted by molar-refractivity contribution is 7.80. The van der Waals surface area contributed by atoms with Crippen LogP contribution in [0.1, 0.15) is 49.9 Å². The molecule has 0 radical (unpaired) electrons. The normalized spacial score (nSPS) is 20.2. The van der Waals surface area contributed by atoms with Gasteiger partial charge in [0.1, 0.15) is 0 Å². The second kappa shape index (κ2) is 5.47. The summed E-state index contributed by atoms with van der Waals surface area (Å²) in [5.41, 5.74) is 2.79.